The average Bonchev–Trinajstić information content (AvgIpc) is 2.66. The third-order valence-electron chi connectivity index (χ3n) is 6.96. The van der Waals surface area contributed by atoms with Gasteiger partial charge in [-0.25, -0.2) is 0 Å². The Morgan fingerprint density at radius 3 is 2.21 bits per heavy atom. The van der Waals surface area contributed by atoms with Crippen molar-refractivity contribution in [2.75, 3.05) is 20.5 Å². The van der Waals surface area contributed by atoms with Crippen LogP contribution in [0.1, 0.15) is 74.1 Å². The lowest BCUT2D eigenvalue weighted by Gasteiger charge is -2.53. The third kappa shape index (κ3) is 9.43. The SMILES string of the molecule is COCOC[C@@H]1C[C@@H](CC=C(C)C)C(=O)[C@H](C(O[Si](C)(C)C)C(C)C)[C@@]1(C)CCC=C(C)C. The van der Waals surface area contributed by atoms with Crippen molar-refractivity contribution in [3.8, 4) is 0 Å². The molecule has 5 heteroatoms. The molecule has 0 aliphatic heterocycles. The number of carbonyl (C=O) groups excluding carboxylic acids is 1. The van der Waals surface area contributed by atoms with Gasteiger partial charge in [0.15, 0.2) is 8.32 Å². The van der Waals surface area contributed by atoms with E-state index in [1.165, 1.54) is 11.1 Å². The van der Waals surface area contributed by atoms with Crippen molar-refractivity contribution in [3.63, 3.8) is 0 Å². The summed E-state index contributed by atoms with van der Waals surface area (Å²) in [6.45, 7) is 22.9. The fraction of sp³-hybridized carbons (Fsp3) is 0.821. The van der Waals surface area contributed by atoms with Crippen molar-refractivity contribution in [2.24, 2.45) is 29.1 Å². The summed E-state index contributed by atoms with van der Waals surface area (Å²) in [6.07, 6.45) is 8.07. The van der Waals surface area contributed by atoms with Gasteiger partial charge in [0, 0.05) is 18.9 Å². The summed E-state index contributed by atoms with van der Waals surface area (Å²) in [6, 6.07) is 0. The fourth-order valence-electron chi connectivity index (χ4n) is 5.25. The maximum absolute atomic E-state index is 14.2. The molecule has 0 spiro atoms. The normalized spacial score (nSPS) is 26.9. The van der Waals surface area contributed by atoms with Crippen molar-refractivity contribution in [1.29, 1.82) is 0 Å². The van der Waals surface area contributed by atoms with Crippen molar-refractivity contribution in [1.82, 2.24) is 0 Å². The van der Waals surface area contributed by atoms with Gasteiger partial charge in [0.05, 0.1) is 12.7 Å². The number of hydrogen-bond acceptors (Lipinski definition) is 4. The lowest BCUT2D eigenvalue weighted by atomic mass is 9.53. The van der Waals surface area contributed by atoms with Gasteiger partial charge in [-0.1, -0.05) is 44.1 Å². The van der Waals surface area contributed by atoms with E-state index in [4.69, 9.17) is 13.9 Å². The van der Waals surface area contributed by atoms with E-state index >= 15 is 0 Å². The molecule has 1 rings (SSSR count). The zero-order valence-electron chi connectivity index (χ0n) is 23.4. The molecule has 0 aromatic heterocycles. The summed E-state index contributed by atoms with van der Waals surface area (Å²) in [5.41, 5.74) is 2.40. The van der Waals surface area contributed by atoms with Crippen LogP contribution in [0.3, 0.4) is 0 Å². The Hall–Kier alpha value is -0.753. The van der Waals surface area contributed by atoms with E-state index in [-0.39, 0.29) is 42.0 Å². The topological polar surface area (TPSA) is 44.8 Å². The Kier molecular flexibility index (Phi) is 12.3. The number of rotatable bonds is 13. The molecule has 4 nitrogen and oxygen atoms in total. The maximum Gasteiger partial charge on any atom is 0.184 e. The molecule has 0 radical (unpaired) electrons. The zero-order valence-corrected chi connectivity index (χ0v) is 24.4. The van der Waals surface area contributed by atoms with Gasteiger partial charge in [0.25, 0.3) is 0 Å². The van der Waals surface area contributed by atoms with Crippen molar-refractivity contribution >= 4 is 14.1 Å². The molecule has 1 unspecified atom stereocenters. The van der Waals surface area contributed by atoms with Crippen LogP contribution >= 0.6 is 0 Å². The van der Waals surface area contributed by atoms with E-state index in [0.29, 0.717) is 12.4 Å². The number of ether oxygens (including phenoxy) is 2. The predicted molar refractivity (Wildman–Crippen MR) is 142 cm³/mol. The van der Waals surface area contributed by atoms with Gasteiger partial charge in [-0.15, -0.1) is 0 Å². The number of carbonyl (C=O) groups is 1. The van der Waals surface area contributed by atoms with Crippen LogP contribution in [0.15, 0.2) is 23.3 Å². The van der Waals surface area contributed by atoms with E-state index in [9.17, 15) is 4.79 Å². The van der Waals surface area contributed by atoms with Crippen LogP contribution in [0, 0.1) is 29.1 Å². The van der Waals surface area contributed by atoms with Crippen LogP contribution in [0.25, 0.3) is 0 Å². The third-order valence-corrected chi connectivity index (χ3v) is 7.94. The second kappa shape index (κ2) is 13.4. The zero-order chi connectivity index (χ0) is 25.4. The molecule has 0 saturated heterocycles. The Morgan fingerprint density at radius 1 is 1.12 bits per heavy atom. The molecule has 1 saturated carbocycles. The van der Waals surface area contributed by atoms with Gasteiger partial charge in [-0.2, -0.15) is 0 Å². The van der Waals surface area contributed by atoms with Crippen LogP contribution in [-0.4, -0.2) is 40.7 Å². The minimum Gasteiger partial charge on any atom is -0.414 e. The first kappa shape index (κ1) is 30.3. The van der Waals surface area contributed by atoms with Gasteiger partial charge in [0.1, 0.15) is 12.6 Å². The van der Waals surface area contributed by atoms with Gasteiger partial charge < -0.3 is 13.9 Å². The molecule has 0 amide bonds. The number of ketones is 1. The first-order chi connectivity index (χ1) is 15.2. The van der Waals surface area contributed by atoms with Gasteiger partial charge >= 0.3 is 0 Å². The monoisotopic (exact) mass is 480 g/mol. The van der Waals surface area contributed by atoms with Crippen LogP contribution in [-0.2, 0) is 18.7 Å². The molecule has 192 valence electrons. The molecule has 5 atom stereocenters. The summed E-state index contributed by atoms with van der Waals surface area (Å²) < 4.78 is 17.9. The number of hydrogen-bond donors (Lipinski definition) is 0. The molecule has 0 aromatic carbocycles. The van der Waals surface area contributed by atoms with Crippen LogP contribution in [0.4, 0.5) is 0 Å². The summed E-state index contributed by atoms with van der Waals surface area (Å²) in [5.74, 6) is 0.839. The maximum atomic E-state index is 14.2. The first-order valence-corrected chi connectivity index (χ1v) is 16.2. The first-order valence-electron chi connectivity index (χ1n) is 12.8. The van der Waals surface area contributed by atoms with E-state index in [2.05, 4.69) is 80.3 Å². The van der Waals surface area contributed by atoms with Crippen molar-refractivity contribution in [2.45, 2.75) is 99.9 Å². The van der Waals surface area contributed by atoms with E-state index in [0.717, 1.165) is 25.7 Å². The minimum absolute atomic E-state index is 0.0176. The Morgan fingerprint density at radius 2 is 1.73 bits per heavy atom. The Balaban J connectivity index is 3.52. The number of methoxy groups -OCH3 is 1. The van der Waals surface area contributed by atoms with Crippen molar-refractivity contribution in [3.05, 3.63) is 23.3 Å². The molecule has 0 N–H and O–H groups in total. The Labute approximate surface area is 205 Å². The second-order valence-corrected chi connectivity index (χ2v) is 16.5. The van der Waals surface area contributed by atoms with E-state index < -0.39 is 8.32 Å². The standard InChI is InChI=1S/C28H52O4Si/c1-20(2)13-12-16-28(7)24(18-31-19-30-8)17-23(15-14-21(3)4)26(29)25(28)27(22(5)6)32-33(9,10)11/h13-14,22-25,27H,12,15-19H2,1-11H3/t23-,24+,25-,27?,28+/m1/s1. The van der Waals surface area contributed by atoms with E-state index in [1.807, 2.05) is 0 Å². The molecule has 0 heterocycles. The molecule has 1 fully saturated rings. The fourth-order valence-corrected chi connectivity index (χ4v) is 6.47. The van der Waals surface area contributed by atoms with Crippen LogP contribution < -0.4 is 0 Å². The molecule has 0 aromatic rings. The quantitative estimate of drug-likeness (QED) is 0.119. The molecular weight excluding hydrogens is 428 g/mol. The van der Waals surface area contributed by atoms with Gasteiger partial charge in [-0.05, 0) is 90.3 Å². The Bertz CT molecular complexity index is 668. The van der Waals surface area contributed by atoms with Crippen LogP contribution in [0.2, 0.25) is 19.6 Å². The largest absolute Gasteiger partial charge is 0.414 e. The predicted octanol–water partition coefficient (Wildman–Crippen LogP) is 7.41. The molecule has 1 aliphatic rings. The molecule has 1 aliphatic carbocycles. The molecular formula is C28H52O4Si. The smallest absolute Gasteiger partial charge is 0.184 e. The highest BCUT2D eigenvalue weighted by Crippen LogP contribution is 2.53. The van der Waals surface area contributed by atoms with Gasteiger partial charge in [0.2, 0.25) is 0 Å². The summed E-state index contributed by atoms with van der Waals surface area (Å²) in [5, 5.41) is 0. The molecule has 0 bridgehead atoms. The number of Topliss-reactive ketones (excluding diaryl/α,β-unsaturated/α-hetero) is 1. The lowest BCUT2D eigenvalue weighted by molar-refractivity contribution is -0.156. The molecule has 33 heavy (non-hydrogen) atoms. The van der Waals surface area contributed by atoms with Crippen LogP contribution in [0.5, 0.6) is 0 Å². The highest BCUT2D eigenvalue weighted by molar-refractivity contribution is 6.69. The highest BCUT2D eigenvalue weighted by atomic mass is 28.4. The van der Waals surface area contributed by atoms with E-state index in [1.54, 1.807) is 7.11 Å². The summed E-state index contributed by atoms with van der Waals surface area (Å²) in [4.78, 5) is 14.2. The highest BCUT2D eigenvalue weighted by Gasteiger charge is 2.55. The second-order valence-electron chi connectivity index (χ2n) is 12.1. The average molecular weight is 481 g/mol. The summed E-state index contributed by atoms with van der Waals surface area (Å²) in [7, 11) is -0.185. The van der Waals surface area contributed by atoms with Crippen molar-refractivity contribution < 1.29 is 18.7 Å². The van der Waals surface area contributed by atoms with Gasteiger partial charge in [-0.3, -0.25) is 4.79 Å². The summed E-state index contributed by atoms with van der Waals surface area (Å²) >= 11 is 0. The minimum atomic E-state index is -1.85. The lowest BCUT2D eigenvalue weighted by Crippen LogP contribution is -2.57. The number of allylic oxidation sites excluding steroid dienone is 4.